The van der Waals surface area contributed by atoms with Crippen LogP contribution in [0.3, 0.4) is 0 Å². The highest BCUT2D eigenvalue weighted by Gasteiger charge is 2.26. The molecule has 2 saturated heterocycles. The van der Waals surface area contributed by atoms with E-state index >= 15 is 0 Å². The first kappa shape index (κ1) is 44.2. The fourth-order valence-electron chi connectivity index (χ4n) is 8.96. The first-order valence-electron chi connectivity index (χ1n) is 22.7. The zero-order valence-corrected chi connectivity index (χ0v) is 37.7. The molecule has 3 N–H and O–H groups in total. The molecule has 2 fully saturated rings. The fourth-order valence-corrected chi connectivity index (χ4v) is 8.96. The van der Waals surface area contributed by atoms with E-state index in [2.05, 4.69) is 101 Å². The molecule has 2 aliphatic heterocycles. The van der Waals surface area contributed by atoms with E-state index in [0.29, 0.717) is 30.9 Å². The van der Waals surface area contributed by atoms with Crippen LogP contribution in [-0.4, -0.2) is 94.3 Å². The topological polar surface area (TPSA) is 165 Å². The molecule has 0 saturated carbocycles. The highest BCUT2D eigenvalue weighted by Crippen LogP contribution is 2.33. The van der Waals surface area contributed by atoms with Crippen LogP contribution in [0, 0.1) is 12.8 Å². The molecular formula is C50H60N10O4. The fraction of sp³-hybridized carbons (Fsp3) is 0.420. The maximum absolute atomic E-state index is 12.7. The van der Waals surface area contributed by atoms with E-state index in [4.69, 9.17) is 9.51 Å². The molecular weight excluding hydrogens is 805 g/mol. The van der Waals surface area contributed by atoms with E-state index in [1.54, 1.807) is 0 Å². The summed E-state index contributed by atoms with van der Waals surface area (Å²) in [5, 5.41) is 17.8. The van der Waals surface area contributed by atoms with Crippen LogP contribution in [0.4, 0.5) is 11.4 Å². The Morgan fingerprint density at radius 3 is 2.23 bits per heavy atom. The number of hydrogen-bond acceptors (Lipinski definition) is 11. The second-order valence-electron chi connectivity index (χ2n) is 18.3. The third-order valence-electron chi connectivity index (χ3n) is 12.9. The number of aromatic amines is 1. The van der Waals surface area contributed by atoms with Crippen molar-refractivity contribution < 1.29 is 18.9 Å². The van der Waals surface area contributed by atoms with Gasteiger partial charge < -0.3 is 19.6 Å². The molecule has 334 valence electrons. The Morgan fingerprint density at radius 2 is 1.58 bits per heavy atom. The van der Waals surface area contributed by atoms with Crippen LogP contribution in [0.5, 0.6) is 0 Å². The Morgan fingerprint density at radius 1 is 0.891 bits per heavy atom. The molecule has 5 heterocycles. The molecule has 64 heavy (non-hydrogen) atoms. The molecule has 3 aromatic carbocycles. The number of carbonyl (C=O) groups excluding carboxylic acids is 3. The number of aryl methyl sites for hydroxylation is 1. The monoisotopic (exact) mass is 864 g/mol. The number of amides is 3. The average Bonchev–Trinajstić information content (AvgIpc) is 3.99. The predicted molar refractivity (Wildman–Crippen MR) is 250 cm³/mol. The van der Waals surface area contributed by atoms with E-state index in [1.807, 2.05) is 58.2 Å². The van der Waals surface area contributed by atoms with Gasteiger partial charge in [-0.25, -0.2) is 4.98 Å². The van der Waals surface area contributed by atoms with Gasteiger partial charge in [0, 0.05) is 85.3 Å². The molecule has 0 spiro atoms. The molecule has 6 aromatic rings. The van der Waals surface area contributed by atoms with Gasteiger partial charge in [0.1, 0.15) is 0 Å². The lowest BCUT2D eigenvalue weighted by Gasteiger charge is -2.38. The van der Waals surface area contributed by atoms with Gasteiger partial charge in [0.15, 0.2) is 5.65 Å². The van der Waals surface area contributed by atoms with Crippen LogP contribution < -0.4 is 20.4 Å². The summed E-state index contributed by atoms with van der Waals surface area (Å²) in [7, 11) is 0. The predicted octanol–water partition coefficient (Wildman–Crippen LogP) is 7.80. The summed E-state index contributed by atoms with van der Waals surface area (Å²) in [6, 6.07) is 25.5. The third kappa shape index (κ3) is 10.2. The molecule has 1 atom stereocenters. The minimum Gasteiger partial charge on any atom is -0.372 e. The van der Waals surface area contributed by atoms with Crippen molar-refractivity contribution in [3.8, 4) is 22.4 Å². The molecule has 0 aliphatic carbocycles. The lowest BCUT2D eigenvalue weighted by molar-refractivity contribution is -0.126. The smallest absolute Gasteiger partial charge is 0.292 e. The number of nitrogens with zero attached hydrogens (tertiary/aromatic N) is 7. The number of carbonyl (C=O) groups is 3. The molecule has 14 nitrogen and oxygen atoms in total. The molecule has 0 radical (unpaired) electrons. The van der Waals surface area contributed by atoms with Gasteiger partial charge in [-0.05, 0) is 104 Å². The average molecular weight is 865 g/mol. The van der Waals surface area contributed by atoms with Crippen LogP contribution >= 0.6 is 0 Å². The second-order valence-corrected chi connectivity index (χ2v) is 18.3. The molecule has 2 aliphatic rings. The Kier molecular flexibility index (Phi) is 13.5. The molecule has 3 aromatic heterocycles. The number of imide groups is 1. The zero-order chi connectivity index (χ0) is 44.8. The number of anilines is 2. The zero-order valence-electron chi connectivity index (χ0n) is 37.7. The van der Waals surface area contributed by atoms with Crippen molar-refractivity contribution in [2.24, 2.45) is 5.92 Å². The van der Waals surface area contributed by atoms with Gasteiger partial charge in [0.25, 0.3) is 11.7 Å². The van der Waals surface area contributed by atoms with Gasteiger partial charge in [0.05, 0.1) is 11.6 Å². The lowest BCUT2D eigenvalue weighted by Crippen LogP contribution is -2.47. The van der Waals surface area contributed by atoms with Gasteiger partial charge in [-0.1, -0.05) is 75.7 Å². The van der Waals surface area contributed by atoms with Crippen LogP contribution in [0.15, 0.2) is 83.5 Å². The summed E-state index contributed by atoms with van der Waals surface area (Å²) < 4.78 is 5.28. The summed E-state index contributed by atoms with van der Waals surface area (Å²) in [4.78, 5) is 52.6. The van der Waals surface area contributed by atoms with Crippen LogP contribution in [-0.2, 0) is 21.5 Å². The molecule has 14 heteroatoms. The summed E-state index contributed by atoms with van der Waals surface area (Å²) in [5.74, 6) is 0.279. The number of piperidine rings is 1. The van der Waals surface area contributed by atoms with Crippen molar-refractivity contribution in [1.82, 2.24) is 40.9 Å². The van der Waals surface area contributed by atoms with E-state index < -0.39 is 0 Å². The first-order valence-corrected chi connectivity index (χ1v) is 22.7. The number of fused-ring (bicyclic) bond motifs is 1. The summed E-state index contributed by atoms with van der Waals surface area (Å²) in [6.07, 6.45) is 7.57. The number of rotatable bonds is 15. The van der Waals surface area contributed by atoms with Crippen LogP contribution in [0.1, 0.15) is 98.9 Å². The molecule has 1 unspecified atom stereocenters. The largest absolute Gasteiger partial charge is 0.372 e. The maximum Gasteiger partial charge on any atom is 0.292 e. The van der Waals surface area contributed by atoms with Crippen molar-refractivity contribution in [2.75, 3.05) is 55.6 Å². The Labute approximate surface area is 375 Å². The molecule has 3 amide bonds. The van der Waals surface area contributed by atoms with E-state index in [0.717, 1.165) is 103 Å². The van der Waals surface area contributed by atoms with E-state index in [1.165, 1.54) is 30.6 Å². The van der Waals surface area contributed by atoms with Gasteiger partial charge in [-0.15, -0.1) is 0 Å². The van der Waals surface area contributed by atoms with Crippen molar-refractivity contribution in [1.29, 1.82) is 0 Å². The first-order chi connectivity index (χ1) is 31.0. The maximum atomic E-state index is 12.7. The SMILES string of the molecule is CCCC(C(=O)NC=O)c1ccc(N2CCC(CCN3CCN(c4ccc(-c5cnc6n[nH]c(-c7ccc(CNC(=O)c8noc(C(C)(C)C)n8)c(C)c7)c6c5)cc4)CC3)CC2)cc1. The summed E-state index contributed by atoms with van der Waals surface area (Å²) >= 11 is 0. The van der Waals surface area contributed by atoms with Gasteiger partial charge in [-0.3, -0.25) is 29.7 Å². The number of pyridine rings is 1. The van der Waals surface area contributed by atoms with Gasteiger partial charge in [0.2, 0.25) is 18.2 Å². The Hall–Kier alpha value is -6.41. The second kappa shape index (κ2) is 19.5. The number of nitrogens with one attached hydrogen (secondary N) is 3. The standard InChI is InChI=1S/C50H60N10O4/c1-6-7-42(47(62)53-32-61)36-12-16-40(17-13-36)59-22-19-34(20-23-59)18-21-58-24-26-60(27-25-58)41-14-10-35(11-15-41)39-29-43-44(55-56-45(43)51-31-39)37-8-9-38(33(2)28-37)30-52-48(63)46-54-49(64-57-46)50(3,4)5/h8-17,28-29,31-32,34,42H,6-7,18-27,30H2,1-5H3,(H,52,63)(H,51,55,56)(H,53,61,62). The number of piperazine rings is 1. The van der Waals surface area contributed by atoms with Crippen molar-refractivity contribution >= 4 is 40.6 Å². The minimum absolute atomic E-state index is 0.0286. The number of H-pyrrole nitrogens is 1. The number of benzene rings is 3. The summed E-state index contributed by atoms with van der Waals surface area (Å²) in [6.45, 7) is 17.7. The quantitative estimate of drug-likeness (QED) is 0.0863. The van der Waals surface area contributed by atoms with Crippen LogP contribution in [0.2, 0.25) is 0 Å². The van der Waals surface area contributed by atoms with Gasteiger partial charge in [-0.2, -0.15) is 10.1 Å². The molecule has 0 bridgehead atoms. The van der Waals surface area contributed by atoms with Crippen molar-refractivity contribution in [3.05, 3.63) is 107 Å². The normalized spacial score (nSPS) is 15.6. The van der Waals surface area contributed by atoms with Crippen LogP contribution in [0.25, 0.3) is 33.4 Å². The Bertz CT molecular complexity index is 2540. The number of hydrogen-bond donors (Lipinski definition) is 3. The van der Waals surface area contributed by atoms with E-state index in [-0.39, 0.29) is 29.0 Å². The molecule has 8 rings (SSSR count). The van der Waals surface area contributed by atoms with E-state index in [9.17, 15) is 14.4 Å². The summed E-state index contributed by atoms with van der Waals surface area (Å²) in [5.41, 5.74) is 9.77. The minimum atomic E-state index is -0.377. The third-order valence-corrected chi connectivity index (χ3v) is 12.9. The van der Waals surface area contributed by atoms with Crippen molar-refractivity contribution in [3.63, 3.8) is 0 Å². The van der Waals surface area contributed by atoms with Gasteiger partial charge >= 0.3 is 0 Å². The highest BCUT2D eigenvalue weighted by atomic mass is 16.5. The number of aromatic nitrogens is 5. The Balaban J connectivity index is 0.802. The lowest BCUT2D eigenvalue weighted by atomic mass is 9.91. The van der Waals surface area contributed by atoms with Crippen molar-refractivity contribution in [2.45, 2.75) is 84.6 Å². The highest BCUT2D eigenvalue weighted by molar-refractivity contribution is 5.94.